The molecule has 0 fully saturated rings. The monoisotopic (exact) mass is 704 g/mol. The Hall–Kier alpha value is -5.90. The summed E-state index contributed by atoms with van der Waals surface area (Å²) in [7, 11) is -1.50. The van der Waals surface area contributed by atoms with Crippen LogP contribution in [0.5, 0.6) is 0 Å². The molecule has 0 saturated carbocycles. The maximum absolute atomic E-state index is 9.52. The van der Waals surface area contributed by atoms with Gasteiger partial charge >= 0.3 is 0 Å². The van der Waals surface area contributed by atoms with Gasteiger partial charge in [-0.2, -0.15) is 0 Å². The van der Waals surface area contributed by atoms with E-state index in [1.165, 1.54) is 27.4 Å². The third kappa shape index (κ3) is 5.82. The first-order chi connectivity index (χ1) is 28.1. The van der Waals surface area contributed by atoms with Gasteiger partial charge in [0.15, 0.2) is 5.82 Å². The van der Waals surface area contributed by atoms with Crippen molar-refractivity contribution in [2.24, 2.45) is 0 Å². The third-order valence-corrected chi connectivity index (χ3v) is 12.7. The topological polar surface area (TPSA) is 25.8 Å². The average molecular weight is 705 g/mol. The summed E-state index contributed by atoms with van der Waals surface area (Å²) in [6.45, 7) is 11.7. The fraction of sp³-hybridized carbons (Fsp3) is 0.120. The van der Waals surface area contributed by atoms with Crippen molar-refractivity contribution in [1.29, 1.82) is 0 Å². The number of nitrogens with zero attached hydrogens (tertiary/aromatic N) is 2. The maximum Gasteiger partial charge on any atom is 0.161 e. The average Bonchev–Trinajstić information content (AvgIpc) is 3.47. The second-order valence-electron chi connectivity index (χ2n) is 15.4. The lowest BCUT2D eigenvalue weighted by Crippen LogP contribution is -2.38. The van der Waals surface area contributed by atoms with Gasteiger partial charge in [0.25, 0.3) is 0 Å². The second-order valence-corrected chi connectivity index (χ2v) is 20.5. The van der Waals surface area contributed by atoms with Crippen molar-refractivity contribution in [2.45, 2.75) is 38.9 Å². The molecule has 3 heteroatoms. The summed E-state index contributed by atoms with van der Waals surface area (Å²) in [5, 5.41) is 1.72. The Balaban J connectivity index is 1.20. The number of benzene rings is 7. The van der Waals surface area contributed by atoms with Crippen LogP contribution in [0, 0.1) is 0 Å². The van der Waals surface area contributed by atoms with Crippen molar-refractivity contribution < 1.29 is 8.22 Å². The minimum absolute atomic E-state index is 0.0889. The molecule has 0 radical (unpaired) electrons. The van der Waals surface area contributed by atoms with E-state index in [-0.39, 0.29) is 57.3 Å². The third-order valence-electron chi connectivity index (χ3n) is 10.6. The molecule has 0 atom stereocenters. The number of hydrogen-bond donors (Lipinski definition) is 0. The van der Waals surface area contributed by atoms with Gasteiger partial charge in [-0.15, -0.1) is 0 Å². The first-order valence-corrected chi connectivity index (χ1v) is 21.6. The molecule has 8 aromatic rings. The highest BCUT2D eigenvalue weighted by Crippen LogP contribution is 2.49. The van der Waals surface area contributed by atoms with Crippen LogP contribution >= 0.6 is 0 Å². The van der Waals surface area contributed by atoms with Crippen LogP contribution in [0.4, 0.5) is 0 Å². The van der Waals surface area contributed by atoms with Crippen LogP contribution in [-0.4, -0.2) is 18.0 Å². The van der Waals surface area contributed by atoms with E-state index in [0.717, 1.165) is 22.3 Å². The van der Waals surface area contributed by atoms with Gasteiger partial charge in [0.2, 0.25) is 0 Å². The van der Waals surface area contributed by atoms with Crippen LogP contribution < -0.4 is 5.19 Å². The largest absolute Gasteiger partial charge is 0.228 e. The van der Waals surface area contributed by atoms with Crippen LogP contribution in [0.3, 0.4) is 0 Å². The summed E-state index contributed by atoms with van der Waals surface area (Å²) in [5.74, 6) is 0.110. The summed E-state index contributed by atoms with van der Waals surface area (Å²) >= 11 is 0. The van der Waals surface area contributed by atoms with Crippen molar-refractivity contribution in [3.63, 3.8) is 0 Å². The van der Waals surface area contributed by atoms with Crippen LogP contribution in [0.2, 0.25) is 19.6 Å². The zero-order valence-electron chi connectivity index (χ0n) is 36.5. The van der Waals surface area contributed by atoms with Crippen molar-refractivity contribution in [2.75, 3.05) is 0 Å². The van der Waals surface area contributed by atoms with Crippen LogP contribution in [0.15, 0.2) is 164 Å². The van der Waals surface area contributed by atoms with Crippen molar-refractivity contribution in [3.05, 3.63) is 175 Å². The molecule has 0 saturated heterocycles. The lowest BCUT2D eigenvalue weighted by Gasteiger charge is -2.24. The van der Waals surface area contributed by atoms with Gasteiger partial charge in [0.1, 0.15) is 0 Å². The molecule has 0 aliphatic heterocycles. The van der Waals surface area contributed by atoms with E-state index in [0.29, 0.717) is 17.0 Å². The highest BCUT2D eigenvalue weighted by Gasteiger charge is 2.36. The van der Waals surface area contributed by atoms with Crippen molar-refractivity contribution in [3.8, 4) is 67.3 Å². The summed E-state index contributed by atoms with van der Waals surface area (Å²) in [6.07, 6.45) is 0. The van der Waals surface area contributed by atoms with E-state index < -0.39 is 20.2 Å². The molecule has 0 spiro atoms. The second kappa shape index (κ2) is 12.6. The number of aromatic nitrogens is 2. The quantitative estimate of drug-likeness (QED) is 0.161. The molecule has 0 bridgehead atoms. The van der Waals surface area contributed by atoms with E-state index in [4.69, 9.17) is 12.7 Å². The van der Waals surface area contributed by atoms with Gasteiger partial charge < -0.3 is 0 Å². The van der Waals surface area contributed by atoms with Gasteiger partial charge in [-0.1, -0.05) is 184 Å². The van der Waals surface area contributed by atoms with Crippen molar-refractivity contribution in [1.82, 2.24) is 9.97 Å². The molecular formula is C50H42N2Si. The lowest BCUT2D eigenvalue weighted by atomic mass is 9.81. The first-order valence-electron chi connectivity index (χ1n) is 21.1. The minimum atomic E-state index is -1.50. The Kier molecular flexibility index (Phi) is 6.40. The zero-order chi connectivity index (χ0) is 41.5. The summed E-state index contributed by atoms with van der Waals surface area (Å²) in [4.78, 5) is 9.84. The molecule has 0 N–H and O–H groups in total. The smallest absolute Gasteiger partial charge is 0.161 e. The molecule has 2 nitrogen and oxygen atoms in total. The van der Waals surface area contributed by atoms with Gasteiger partial charge in [0, 0.05) is 22.1 Å². The molecule has 1 heterocycles. The van der Waals surface area contributed by atoms with Crippen LogP contribution in [0.1, 0.15) is 33.2 Å². The number of fused-ring (bicyclic) bond motifs is 4. The predicted molar refractivity (Wildman–Crippen MR) is 227 cm³/mol. The van der Waals surface area contributed by atoms with E-state index in [9.17, 15) is 5.48 Å². The summed E-state index contributed by atoms with van der Waals surface area (Å²) < 4.78 is 54.9. The highest BCUT2D eigenvalue weighted by molar-refractivity contribution is 6.88. The Morgan fingerprint density at radius 3 is 1.58 bits per heavy atom. The Morgan fingerprint density at radius 1 is 0.472 bits per heavy atom. The van der Waals surface area contributed by atoms with E-state index in [1.807, 2.05) is 91.0 Å². The Labute approximate surface area is 322 Å². The molecule has 256 valence electrons. The molecule has 0 unspecified atom stereocenters. The molecule has 1 aromatic heterocycles. The first kappa shape index (κ1) is 26.8. The summed E-state index contributed by atoms with van der Waals surface area (Å²) in [5.41, 5.74) is 10.8. The van der Waals surface area contributed by atoms with Gasteiger partial charge in [-0.05, 0) is 73.5 Å². The molecule has 1 aliphatic carbocycles. The number of rotatable bonds is 6. The molecular weight excluding hydrogens is 657 g/mol. The number of hydrogen-bond acceptors (Lipinski definition) is 2. The SMILES string of the molecule is [2H]c1c([2H])c([2H])c2c(-c3nc(-c4ccccc4)cc(-c4ccccc4)n3)c([2H])c([2H])c(-c3ccc(-c4ccc5c(c4)C(C)(C)c4cc([Si](C)(C)C)ccc4-5)cc3)c2c1[2H]. The summed E-state index contributed by atoms with van der Waals surface area (Å²) in [6, 6.07) is 40.7. The fourth-order valence-electron chi connectivity index (χ4n) is 7.61. The normalized spacial score (nSPS) is 14.7. The lowest BCUT2D eigenvalue weighted by molar-refractivity contribution is 0.661. The van der Waals surface area contributed by atoms with E-state index in [2.05, 4.69) is 69.9 Å². The van der Waals surface area contributed by atoms with Crippen molar-refractivity contribution >= 4 is 24.0 Å². The molecule has 0 amide bonds. The van der Waals surface area contributed by atoms with Gasteiger partial charge in [-0.3, -0.25) is 0 Å². The van der Waals surface area contributed by atoms with Gasteiger partial charge in [-0.25, -0.2) is 9.97 Å². The molecule has 9 rings (SSSR count). The zero-order valence-corrected chi connectivity index (χ0v) is 31.5. The molecule has 1 aliphatic rings. The molecule has 7 aromatic carbocycles. The van der Waals surface area contributed by atoms with Gasteiger partial charge in [0.05, 0.1) is 27.7 Å². The Morgan fingerprint density at radius 2 is 0.981 bits per heavy atom. The highest BCUT2D eigenvalue weighted by atomic mass is 28.3. The van der Waals surface area contributed by atoms with E-state index in [1.54, 1.807) is 0 Å². The van der Waals surface area contributed by atoms with E-state index >= 15 is 0 Å². The Bertz CT molecular complexity index is 2940. The molecule has 53 heavy (non-hydrogen) atoms. The maximum atomic E-state index is 9.52. The fourth-order valence-corrected chi connectivity index (χ4v) is 8.77. The minimum Gasteiger partial charge on any atom is -0.228 e. The van der Waals surface area contributed by atoms with Crippen LogP contribution in [0.25, 0.3) is 78.1 Å². The van der Waals surface area contributed by atoms with Crippen LogP contribution in [-0.2, 0) is 5.41 Å². The standard InChI is InChI=1S/C50H42N2Si/c1-50(2)45-30-37(24-26-42(45)43-27-25-38(31-46(43)50)53(3,4)5)33-20-22-34(23-21-33)39-28-29-44(41-19-13-12-18-40(39)41)49-51-47(35-14-8-6-9-15-35)32-48(52-49)36-16-10-7-11-17-36/h6-32H,1-5H3/i12D,13D,18D,19D,28D,29D. The predicted octanol–water partition coefficient (Wildman–Crippen LogP) is 12.8.